The van der Waals surface area contributed by atoms with Crippen molar-refractivity contribution in [2.75, 3.05) is 0 Å². The zero-order chi connectivity index (χ0) is 9.97. The molecule has 72 valence electrons. The molecule has 4 nitrogen and oxygen atoms in total. The van der Waals surface area contributed by atoms with Crippen molar-refractivity contribution in [2.45, 2.75) is 0 Å². The summed E-state index contributed by atoms with van der Waals surface area (Å²) in [7, 11) is 0. The Kier molecular flexibility index (Phi) is 4.08. The van der Waals surface area contributed by atoms with Crippen molar-refractivity contribution >= 4 is 35.5 Å². The monoisotopic (exact) mass is 213 g/mol. The van der Waals surface area contributed by atoms with Crippen LogP contribution >= 0.6 is 0 Å². The van der Waals surface area contributed by atoms with E-state index in [1.807, 2.05) is 18.2 Å². The molecule has 0 fully saturated rings. The van der Waals surface area contributed by atoms with Crippen LogP contribution in [0.15, 0.2) is 41.1 Å². The van der Waals surface area contributed by atoms with Crippen molar-refractivity contribution in [2.24, 2.45) is 0 Å². The molecule has 0 radical (unpaired) electrons. The molecule has 1 N–H and O–H groups in total. The first-order chi connectivity index (χ1) is 6.79. The van der Waals surface area contributed by atoms with E-state index < -0.39 is 5.97 Å². The number of carboxylic acid groups (broad SMARTS) is 1. The molecular weight excluding hydrogens is 205 g/mol. The normalized spacial score (nSPS) is 9.33. The summed E-state index contributed by atoms with van der Waals surface area (Å²) < 4.78 is 4.63. The number of carbonyl (C=O) groups is 1. The molecule has 2 rings (SSSR count). The van der Waals surface area contributed by atoms with Gasteiger partial charge in [0, 0.05) is 5.56 Å². The van der Waals surface area contributed by atoms with E-state index in [1.54, 1.807) is 12.1 Å². The van der Waals surface area contributed by atoms with Crippen molar-refractivity contribution < 1.29 is 14.4 Å². The number of nitrogens with zero attached hydrogens (tertiary/aromatic N) is 1. The summed E-state index contributed by atoms with van der Waals surface area (Å²) in [5.41, 5.74) is 1.17. The van der Waals surface area contributed by atoms with Gasteiger partial charge in [-0.05, 0) is 0 Å². The SMILES string of the molecule is O=C(O)c1conc1-c1ccccc1.[NaH]. The third-order valence-electron chi connectivity index (χ3n) is 1.85. The molecule has 0 amide bonds. The Labute approximate surface area is 108 Å². The van der Waals surface area contributed by atoms with Gasteiger partial charge in [-0.1, -0.05) is 35.5 Å². The van der Waals surface area contributed by atoms with Gasteiger partial charge in [0.25, 0.3) is 0 Å². The molecule has 1 aromatic heterocycles. The van der Waals surface area contributed by atoms with Crippen LogP contribution in [0.4, 0.5) is 0 Å². The minimum atomic E-state index is -1.04. The fraction of sp³-hybridized carbons (Fsp3) is 0. The van der Waals surface area contributed by atoms with Crippen LogP contribution in [-0.4, -0.2) is 45.8 Å². The molecule has 0 aliphatic carbocycles. The third kappa shape index (κ3) is 2.47. The summed E-state index contributed by atoms with van der Waals surface area (Å²) in [6, 6.07) is 9.05. The Bertz CT molecular complexity index is 453. The third-order valence-corrected chi connectivity index (χ3v) is 1.85. The van der Waals surface area contributed by atoms with Crippen LogP contribution in [0.1, 0.15) is 10.4 Å². The Morgan fingerprint density at radius 3 is 2.53 bits per heavy atom. The fourth-order valence-corrected chi connectivity index (χ4v) is 1.19. The first-order valence-corrected chi connectivity index (χ1v) is 4.02. The van der Waals surface area contributed by atoms with Gasteiger partial charge in [0.1, 0.15) is 17.5 Å². The van der Waals surface area contributed by atoms with Crippen LogP contribution < -0.4 is 0 Å². The summed E-state index contributed by atoms with van der Waals surface area (Å²) in [4.78, 5) is 10.8. The molecule has 15 heavy (non-hydrogen) atoms. The van der Waals surface area contributed by atoms with Crippen LogP contribution in [0.3, 0.4) is 0 Å². The van der Waals surface area contributed by atoms with E-state index in [2.05, 4.69) is 9.68 Å². The molecule has 0 aliphatic heterocycles. The topological polar surface area (TPSA) is 63.3 Å². The summed E-state index contributed by atoms with van der Waals surface area (Å²) in [6.45, 7) is 0. The molecule has 1 aromatic carbocycles. The zero-order valence-corrected chi connectivity index (χ0v) is 7.18. The fourth-order valence-electron chi connectivity index (χ4n) is 1.19. The molecule has 5 heteroatoms. The molecule has 0 saturated carbocycles. The summed E-state index contributed by atoms with van der Waals surface area (Å²) in [5, 5.41) is 12.5. The number of aromatic carboxylic acids is 1. The van der Waals surface area contributed by atoms with Crippen molar-refractivity contribution in [3.63, 3.8) is 0 Å². The summed E-state index contributed by atoms with van der Waals surface area (Å²) >= 11 is 0. The van der Waals surface area contributed by atoms with Gasteiger partial charge in [-0.25, -0.2) is 4.79 Å². The van der Waals surface area contributed by atoms with Gasteiger partial charge in [0.05, 0.1) is 0 Å². The average molecular weight is 213 g/mol. The van der Waals surface area contributed by atoms with E-state index in [0.29, 0.717) is 5.69 Å². The second-order valence-electron chi connectivity index (χ2n) is 2.75. The molecule has 0 aliphatic rings. The number of benzene rings is 1. The molecule has 0 saturated heterocycles. The van der Waals surface area contributed by atoms with E-state index in [-0.39, 0.29) is 35.1 Å². The standard InChI is InChI=1S/C10H7NO3.Na.H/c12-10(13)8-6-14-11-9(8)7-4-2-1-3-5-7;;/h1-6H,(H,12,13);;. The molecule has 1 heterocycles. The molecule has 0 unspecified atom stereocenters. The minimum absolute atomic E-state index is 0. The number of aromatic nitrogens is 1. The Morgan fingerprint density at radius 2 is 1.93 bits per heavy atom. The summed E-state index contributed by atoms with van der Waals surface area (Å²) in [5.74, 6) is -1.04. The molecule has 0 atom stereocenters. The van der Waals surface area contributed by atoms with Crippen molar-refractivity contribution in [1.29, 1.82) is 0 Å². The maximum absolute atomic E-state index is 10.8. The van der Waals surface area contributed by atoms with E-state index in [9.17, 15) is 4.79 Å². The number of hydrogen-bond acceptors (Lipinski definition) is 3. The van der Waals surface area contributed by atoms with Gasteiger partial charge >= 0.3 is 35.5 Å². The summed E-state index contributed by atoms with van der Waals surface area (Å²) in [6.07, 6.45) is 1.13. The molecule has 2 aromatic rings. The van der Waals surface area contributed by atoms with Crippen LogP contribution in [0.2, 0.25) is 0 Å². The quantitative estimate of drug-likeness (QED) is 0.765. The van der Waals surface area contributed by atoms with Crippen molar-refractivity contribution in [1.82, 2.24) is 5.16 Å². The van der Waals surface area contributed by atoms with Crippen LogP contribution in [0.5, 0.6) is 0 Å². The second kappa shape index (κ2) is 5.11. The molecular formula is C10H8NNaO3. The van der Waals surface area contributed by atoms with Gasteiger partial charge in [0.2, 0.25) is 0 Å². The Balaban J connectivity index is 0.00000112. The van der Waals surface area contributed by atoms with E-state index in [0.717, 1.165) is 11.8 Å². The average Bonchev–Trinajstić information content (AvgIpc) is 2.67. The van der Waals surface area contributed by atoms with Crippen LogP contribution in [-0.2, 0) is 0 Å². The van der Waals surface area contributed by atoms with Gasteiger partial charge < -0.3 is 9.63 Å². The van der Waals surface area contributed by atoms with Crippen LogP contribution in [0.25, 0.3) is 11.3 Å². The first-order valence-electron chi connectivity index (χ1n) is 4.02. The van der Waals surface area contributed by atoms with Gasteiger partial charge in [0.15, 0.2) is 0 Å². The predicted molar refractivity (Wildman–Crippen MR) is 56.0 cm³/mol. The van der Waals surface area contributed by atoms with Gasteiger partial charge in [-0.15, -0.1) is 0 Å². The van der Waals surface area contributed by atoms with E-state index >= 15 is 0 Å². The molecule has 0 bridgehead atoms. The van der Waals surface area contributed by atoms with E-state index in [4.69, 9.17) is 5.11 Å². The zero-order valence-electron chi connectivity index (χ0n) is 7.18. The predicted octanol–water partition coefficient (Wildman–Crippen LogP) is 1.39. The van der Waals surface area contributed by atoms with E-state index in [1.165, 1.54) is 0 Å². The van der Waals surface area contributed by atoms with Crippen molar-refractivity contribution in [3.05, 3.63) is 42.2 Å². The molecule has 0 spiro atoms. The van der Waals surface area contributed by atoms with Crippen LogP contribution in [0, 0.1) is 0 Å². The van der Waals surface area contributed by atoms with Gasteiger partial charge in [-0.2, -0.15) is 0 Å². The number of carboxylic acids is 1. The second-order valence-corrected chi connectivity index (χ2v) is 2.75. The first kappa shape index (κ1) is 12.0. The Hall–Kier alpha value is -1.10. The van der Waals surface area contributed by atoms with Crippen molar-refractivity contribution in [3.8, 4) is 11.3 Å². The maximum atomic E-state index is 10.8. The van der Waals surface area contributed by atoms with Gasteiger partial charge in [-0.3, -0.25) is 0 Å². The Morgan fingerprint density at radius 1 is 1.27 bits per heavy atom. The number of rotatable bonds is 2. The number of hydrogen-bond donors (Lipinski definition) is 1.